The van der Waals surface area contributed by atoms with Gasteiger partial charge >= 0.3 is 0 Å². The van der Waals surface area contributed by atoms with Gasteiger partial charge < -0.3 is 14.2 Å². The van der Waals surface area contributed by atoms with Crippen LogP contribution in [0.2, 0.25) is 0 Å². The van der Waals surface area contributed by atoms with Gasteiger partial charge in [-0.15, -0.1) is 0 Å². The molecule has 0 bridgehead atoms. The Morgan fingerprint density at radius 3 is 2.69 bits per heavy atom. The Morgan fingerprint density at radius 2 is 2.00 bits per heavy atom. The molecule has 1 aromatic heterocycles. The number of thiazole rings is 1. The van der Waals surface area contributed by atoms with E-state index in [1.807, 2.05) is 12.1 Å². The number of nitrogens with zero attached hydrogens (tertiary/aromatic N) is 1. The highest BCUT2D eigenvalue weighted by Gasteiger charge is 2.22. The number of hydrogen-bond acceptors (Lipinski definition) is 6. The molecule has 1 fully saturated rings. The fourth-order valence-corrected chi connectivity index (χ4v) is 4.36. The van der Waals surface area contributed by atoms with Crippen LogP contribution in [0.1, 0.15) is 27.4 Å². The third-order valence-electron chi connectivity index (χ3n) is 4.85. The van der Waals surface area contributed by atoms with E-state index in [4.69, 9.17) is 14.2 Å². The van der Waals surface area contributed by atoms with Crippen molar-refractivity contribution < 1.29 is 23.4 Å². The molecule has 0 radical (unpaired) electrons. The predicted molar refractivity (Wildman–Crippen MR) is 110 cm³/mol. The van der Waals surface area contributed by atoms with E-state index in [2.05, 4.69) is 10.3 Å². The first-order valence-electron chi connectivity index (χ1n) is 9.27. The number of nitrogens with one attached hydrogen (secondary N) is 1. The van der Waals surface area contributed by atoms with E-state index in [1.165, 1.54) is 29.5 Å². The van der Waals surface area contributed by atoms with Gasteiger partial charge in [0.05, 0.1) is 38.2 Å². The Labute approximate surface area is 171 Å². The zero-order valence-corrected chi connectivity index (χ0v) is 17.0. The van der Waals surface area contributed by atoms with Crippen molar-refractivity contribution in [3.05, 3.63) is 52.8 Å². The van der Waals surface area contributed by atoms with E-state index in [1.54, 1.807) is 14.0 Å². The van der Waals surface area contributed by atoms with E-state index in [0.29, 0.717) is 54.0 Å². The molecule has 1 saturated heterocycles. The fourth-order valence-electron chi connectivity index (χ4n) is 3.29. The number of methoxy groups -OCH3 is 1. The molecule has 2 aromatic carbocycles. The Kier molecular flexibility index (Phi) is 5.75. The number of aryl methyl sites for hydroxylation is 1. The Balaban J connectivity index is 1.67. The summed E-state index contributed by atoms with van der Waals surface area (Å²) in [6, 6.07) is 8.13. The van der Waals surface area contributed by atoms with Crippen LogP contribution in [0.25, 0.3) is 10.2 Å². The van der Waals surface area contributed by atoms with Gasteiger partial charge in [-0.1, -0.05) is 17.4 Å². The minimum absolute atomic E-state index is 0.0784. The zero-order chi connectivity index (χ0) is 20.4. The molecule has 1 amide bonds. The van der Waals surface area contributed by atoms with Gasteiger partial charge in [0.1, 0.15) is 17.1 Å². The van der Waals surface area contributed by atoms with Crippen molar-refractivity contribution in [1.29, 1.82) is 0 Å². The SMILES string of the molecule is COc1ccc(C2COCCOC2)c2sc(NC(=O)c3ccc(F)c(C)c3)nc12. The van der Waals surface area contributed by atoms with Gasteiger partial charge in [0.15, 0.2) is 5.13 Å². The zero-order valence-electron chi connectivity index (χ0n) is 16.2. The van der Waals surface area contributed by atoms with Crippen LogP contribution >= 0.6 is 11.3 Å². The average Bonchev–Trinajstić information content (AvgIpc) is 2.95. The Morgan fingerprint density at radius 1 is 1.24 bits per heavy atom. The molecule has 0 aliphatic carbocycles. The average molecular weight is 416 g/mol. The predicted octanol–water partition coefficient (Wildman–Crippen LogP) is 4.14. The molecule has 1 N–H and O–H groups in total. The molecule has 0 atom stereocenters. The molecule has 1 aliphatic heterocycles. The van der Waals surface area contributed by atoms with Crippen LogP contribution in [-0.4, -0.2) is 44.4 Å². The third kappa shape index (κ3) is 4.10. The van der Waals surface area contributed by atoms with Gasteiger partial charge in [-0.2, -0.15) is 0 Å². The van der Waals surface area contributed by atoms with E-state index < -0.39 is 0 Å². The summed E-state index contributed by atoms with van der Waals surface area (Å²) in [6.07, 6.45) is 0. The summed E-state index contributed by atoms with van der Waals surface area (Å²) in [5.74, 6) is 0.0285. The van der Waals surface area contributed by atoms with Crippen molar-refractivity contribution >= 4 is 32.6 Å². The molecule has 6 nitrogen and oxygen atoms in total. The molecule has 152 valence electrons. The van der Waals surface area contributed by atoms with E-state index in [-0.39, 0.29) is 17.6 Å². The maximum atomic E-state index is 13.5. The lowest BCUT2D eigenvalue weighted by atomic mass is 10.0. The number of benzene rings is 2. The summed E-state index contributed by atoms with van der Waals surface area (Å²) < 4.78 is 31.2. The van der Waals surface area contributed by atoms with Crippen LogP contribution in [0.4, 0.5) is 9.52 Å². The van der Waals surface area contributed by atoms with Crippen molar-refractivity contribution in [2.75, 3.05) is 38.9 Å². The molecule has 8 heteroatoms. The number of hydrogen-bond donors (Lipinski definition) is 1. The smallest absolute Gasteiger partial charge is 0.257 e. The van der Waals surface area contributed by atoms with Crippen LogP contribution in [0.3, 0.4) is 0 Å². The first-order chi connectivity index (χ1) is 14.1. The highest BCUT2D eigenvalue weighted by molar-refractivity contribution is 7.22. The summed E-state index contributed by atoms with van der Waals surface area (Å²) in [7, 11) is 1.59. The second kappa shape index (κ2) is 8.44. The number of halogens is 1. The van der Waals surface area contributed by atoms with Crippen LogP contribution in [-0.2, 0) is 9.47 Å². The highest BCUT2D eigenvalue weighted by Crippen LogP contribution is 2.38. The molecule has 0 spiro atoms. The first-order valence-corrected chi connectivity index (χ1v) is 10.1. The first kappa shape index (κ1) is 19.8. The Hall–Kier alpha value is -2.55. The van der Waals surface area contributed by atoms with Crippen LogP contribution in [0.15, 0.2) is 30.3 Å². The van der Waals surface area contributed by atoms with Crippen molar-refractivity contribution in [3.8, 4) is 5.75 Å². The maximum absolute atomic E-state index is 13.5. The largest absolute Gasteiger partial charge is 0.494 e. The van der Waals surface area contributed by atoms with Gasteiger partial charge in [0.2, 0.25) is 0 Å². The van der Waals surface area contributed by atoms with Gasteiger partial charge in [-0.25, -0.2) is 9.37 Å². The number of amides is 1. The van der Waals surface area contributed by atoms with Crippen LogP contribution < -0.4 is 10.1 Å². The number of aromatic nitrogens is 1. The molecule has 29 heavy (non-hydrogen) atoms. The monoisotopic (exact) mass is 416 g/mol. The minimum atomic E-state index is -0.344. The van der Waals surface area contributed by atoms with Crippen molar-refractivity contribution in [2.24, 2.45) is 0 Å². The van der Waals surface area contributed by atoms with Gasteiger partial charge in [-0.3, -0.25) is 10.1 Å². The third-order valence-corrected chi connectivity index (χ3v) is 5.87. The lowest BCUT2D eigenvalue weighted by Crippen LogP contribution is -2.12. The Bertz CT molecular complexity index is 1040. The second-order valence-electron chi connectivity index (χ2n) is 6.82. The number of anilines is 1. The van der Waals surface area contributed by atoms with E-state index in [9.17, 15) is 9.18 Å². The van der Waals surface area contributed by atoms with Gasteiger partial charge in [0.25, 0.3) is 5.91 Å². The number of carbonyl (C=O) groups excluding carboxylic acids is 1. The van der Waals surface area contributed by atoms with Crippen LogP contribution in [0.5, 0.6) is 5.75 Å². The number of carbonyl (C=O) groups is 1. The highest BCUT2D eigenvalue weighted by atomic mass is 32.1. The fraction of sp³-hybridized carbons (Fsp3) is 0.333. The van der Waals surface area contributed by atoms with E-state index in [0.717, 1.165) is 10.3 Å². The normalized spacial score (nSPS) is 15.3. The van der Waals surface area contributed by atoms with Crippen molar-refractivity contribution in [3.63, 3.8) is 0 Å². The quantitative estimate of drug-likeness (QED) is 0.692. The lowest BCUT2D eigenvalue weighted by Gasteiger charge is -2.15. The molecule has 3 aromatic rings. The number of fused-ring (bicyclic) bond motifs is 1. The van der Waals surface area contributed by atoms with Gasteiger partial charge in [0, 0.05) is 11.5 Å². The number of rotatable bonds is 4. The summed E-state index contributed by atoms with van der Waals surface area (Å²) in [5.41, 5.74) is 2.53. The molecule has 4 rings (SSSR count). The molecular weight excluding hydrogens is 395 g/mol. The van der Waals surface area contributed by atoms with Crippen molar-refractivity contribution in [1.82, 2.24) is 4.98 Å². The molecule has 2 heterocycles. The standard InChI is InChI=1S/C21H21FN2O4S/c1-12-9-13(3-5-16(12)22)20(25)24-21-23-18-17(26-2)6-4-15(19(18)29-21)14-10-27-7-8-28-11-14/h3-6,9,14H,7-8,10-11H2,1-2H3,(H,23,24,25). The number of ether oxygens (including phenoxy) is 3. The summed E-state index contributed by atoms with van der Waals surface area (Å²) >= 11 is 1.38. The summed E-state index contributed by atoms with van der Waals surface area (Å²) in [6.45, 7) is 3.91. The minimum Gasteiger partial charge on any atom is -0.494 e. The lowest BCUT2D eigenvalue weighted by molar-refractivity contribution is 0.102. The molecular formula is C21H21FN2O4S. The van der Waals surface area contributed by atoms with Crippen LogP contribution in [0, 0.1) is 12.7 Å². The summed E-state index contributed by atoms with van der Waals surface area (Å²) in [5, 5.41) is 3.27. The maximum Gasteiger partial charge on any atom is 0.257 e. The van der Waals surface area contributed by atoms with Crippen molar-refractivity contribution in [2.45, 2.75) is 12.8 Å². The molecule has 1 aliphatic rings. The summed E-state index contributed by atoms with van der Waals surface area (Å²) in [4.78, 5) is 17.2. The molecule has 0 unspecified atom stereocenters. The van der Waals surface area contributed by atoms with E-state index >= 15 is 0 Å². The topological polar surface area (TPSA) is 69.7 Å². The molecule has 0 saturated carbocycles. The second-order valence-corrected chi connectivity index (χ2v) is 7.82. The van der Waals surface area contributed by atoms with Gasteiger partial charge in [-0.05, 0) is 42.3 Å².